The highest BCUT2D eigenvalue weighted by atomic mass is 16.5. The molecule has 0 radical (unpaired) electrons. The largest absolute Gasteiger partial charge is 0.496 e. The molecule has 0 saturated carbocycles. The monoisotopic (exact) mass is 433 g/mol. The van der Waals surface area contributed by atoms with Gasteiger partial charge in [0.1, 0.15) is 12.4 Å². The Morgan fingerprint density at radius 2 is 1.53 bits per heavy atom. The van der Waals surface area contributed by atoms with E-state index in [1.807, 2.05) is 60.7 Å². The molecule has 0 aliphatic heterocycles. The summed E-state index contributed by atoms with van der Waals surface area (Å²) in [5.74, 6) is 1.53. The Kier molecular flexibility index (Phi) is 8.29. The Hall–Kier alpha value is -3.77. The van der Waals surface area contributed by atoms with Gasteiger partial charge in [-0.3, -0.25) is 4.79 Å². The molecule has 0 aliphatic carbocycles. The van der Waals surface area contributed by atoms with Gasteiger partial charge in [-0.1, -0.05) is 48.5 Å². The number of benzene rings is 3. The van der Waals surface area contributed by atoms with Gasteiger partial charge in [-0.25, -0.2) is 0 Å². The van der Waals surface area contributed by atoms with E-state index >= 15 is 0 Å². The van der Waals surface area contributed by atoms with Gasteiger partial charge in [0.2, 0.25) is 0 Å². The topological polar surface area (TPSA) is 66.0 Å². The number of anilines is 1. The van der Waals surface area contributed by atoms with Gasteiger partial charge in [0.25, 0.3) is 5.91 Å². The Balaban J connectivity index is 1.92. The molecule has 0 fully saturated rings. The molecular formula is C26H27NO5. The second kappa shape index (κ2) is 11.6. The van der Waals surface area contributed by atoms with E-state index in [4.69, 9.17) is 18.9 Å². The van der Waals surface area contributed by atoms with Crippen LogP contribution in [0, 0.1) is 0 Å². The summed E-state index contributed by atoms with van der Waals surface area (Å²) in [7, 11) is 4.79. The van der Waals surface area contributed by atoms with Gasteiger partial charge in [-0.05, 0) is 29.8 Å². The van der Waals surface area contributed by atoms with Gasteiger partial charge in [0.05, 0.1) is 20.8 Å². The molecule has 3 aromatic carbocycles. The van der Waals surface area contributed by atoms with Crippen LogP contribution in [-0.4, -0.2) is 40.5 Å². The maximum Gasteiger partial charge on any atom is 0.256 e. The van der Waals surface area contributed by atoms with E-state index in [1.54, 1.807) is 39.5 Å². The molecule has 0 unspecified atom stereocenters. The number of amides is 1. The van der Waals surface area contributed by atoms with Crippen molar-refractivity contribution >= 4 is 23.2 Å². The van der Waals surface area contributed by atoms with Crippen molar-refractivity contribution in [3.05, 3.63) is 83.9 Å². The zero-order chi connectivity index (χ0) is 22.8. The van der Waals surface area contributed by atoms with Gasteiger partial charge in [0.15, 0.2) is 11.5 Å². The lowest BCUT2D eigenvalue weighted by Crippen LogP contribution is -2.14. The summed E-state index contributed by atoms with van der Waals surface area (Å²) in [6.45, 7) is 0.812. The summed E-state index contributed by atoms with van der Waals surface area (Å²) in [4.78, 5) is 13.3. The second-order valence-corrected chi connectivity index (χ2v) is 6.83. The first-order valence-electron chi connectivity index (χ1n) is 10.2. The number of ether oxygens (including phenoxy) is 4. The van der Waals surface area contributed by atoms with Crippen molar-refractivity contribution in [3.8, 4) is 17.2 Å². The van der Waals surface area contributed by atoms with Crippen LogP contribution in [0.5, 0.6) is 17.2 Å². The van der Waals surface area contributed by atoms with Crippen LogP contribution in [0.4, 0.5) is 5.69 Å². The van der Waals surface area contributed by atoms with Crippen LogP contribution in [0.1, 0.15) is 11.1 Å². The van der Waals surface area contributed by atoms with Crippen molar-refractivity contribution < 1.29 is 23.7 Å². The first-order chi connectivity index (χ1) is 15.7. The van der Waals surface area contributed by atoms with Crippen LogP contribution in [-0.2, 0) is 9.53 Å². The summed E-state index contributed by atoms with van der Waals surface area (Å²) in [6.07, 6.45) is 1.82. The fraction of sp³-hybridized carbons (Fsp3) is 0.192. The van der Waals surface area contributed by atoms with E-state index in [9.17, 15) is 4.79 Å². The zero-order valence-electron chi connectivity index (χ0n) is 18.5. The van der Waals surface area contributed by atoms with Crippen LogP contribution in [0.15, 0.2) is 72.8 Å². The Labute approximate surface area is 188 Å². The number of para-hydroxylation sites is 1. The summed E-state index contributed by atoms with van der Waals surface area (Å²) >= 11 is 0. The third-order valence-corrected chi connectivity index (χ3v) is 4.73. The van der Waals surface area contributed by atoms with E-state index in [1.165, 1.54) is 0 Å². The van der Waals surface area contributed by atoms with Crippen LogP contribution < -0.4 is 19.5 Å². The van der Waals surface area contributed by atoms with Gasteiger partial charge in [-0.15, -0.1) is 0 Å². The highest BCUT2D eigenvalue weighted by Gasteiger charge is 2.15. The van der Waals surface area contributed by atoms with E-state index in [0.717, 1.165) is 11.1 Å². The third kappa shape index (κ3) is 5.89. The fourth-order valence-corrected chi connectivity index (χ4v) is 3.14. The standard InChI is InChI=1S/C26H27NO5/c1-29-15-16-32-25-18-21(13-14-24(25)31-3)27-26(28)22(19-9-5-4-6-10-19)17-20-11-7-8-12-23(20)30-2/h4-14,17-18H,15-16H2,1-3H3,(H,27,28)/b22-17+. The molecule has 0 aliphatic rings. The van der Waals surface area contributed by atoms with Crippen LogP contribution in [0.25, 0.3) is 11.6 Å². The third-order valence-electron chi connectivity index (χ3n) is 4.73. The van der Waals surface area contributed by atoms with E-state index in [2.05, 4.69) is 5.32 Å². The maximum atomic E-state index is 13.3. The number of methoxy groups -OCH3 is 3. The lowest BCUT2D eigenvalue weighted by atomic mass is 10.0. The van der Waals surface area contributed by atoms with Crippen molar-refractivity contribution in [2.24, 2.45) is 0 Å². The number of carbonyl (C=O) groups excluding carboxylic acids is 1. The molecule has 0 spiro atoms. The molecule has 0 aromatic heterocycles. The number of nitrogens with one attached hydrogen (secondary N) is 1. The predicted octanol–water partition coefficient (Wildman–Crippen LogP) is 4.91. The molecule has 0 bridgehead atoms. The first kappa shape index (κ1) is 22.9. The normalized spacial score (nSPS) is 11.0. The second-order valence-electron chi connectivity index (χ2n) is 6.83. The smallest absolute Gasteiger partial charge is 0.256 e. The van der Waals surface area contributed by atoms with Gasteiger partial charge < -0.3 is 24.3 Å². The lowest BCUT2D eigenvalue weighted by molar-refractivity contribution is -0.111. The molecule has 6 nitrogen and oxygen atoms in total. The molecule has 32 heavy (non-hydrogen) atoms. The minimum Gasteiger partial charge on any atom is -0.496 e. The highest BCUT2D eigenvalue weighted by Crippen LogP contribution is 2.31. The molecule has 0 heterocycles. The number of hydrogen-bond acceptors (Lipinski definition) is 5. The number of rotatable bonds is 10. The fourth-order valence-electron chi connectivity index (χ4n) is 3.14. The van der Waals surface area contributed by atoms with Gasteiger partial charge >= 0.3 is 0 Å². The highest BCUT2D eigenvalue weighted by molar-refractivity contribution is 6.29. The number of carbonyl (C=O) groups is 1. The molecule has 1 amide bonds. The maximum absolute atomic E-state index is 13.3. The number of hydrogen-bond donors (Lipinski definition) is 1. The molecule has 166 valence electrons. The Bertz CT molecular complexity index is 1060. The average molecular weight is 434 g/mol. The van der Waals surface area contributed by atoms with Crippen LogP contribution >= 0.6 is 0 Å². The van der Waals surface area contributed by atoms with E-state index < -0.39 is 0 Å². The van der Waals surface area contributed by atoms with E-state index in [-0.39, 0.29) is 5.91 Å². The molecule has 3 rings (SSSR count). The molecule has 1 N–H and O–H groups in total. The minimum absolute atomic E-state index is 0.255. The van der Waals surface area contributed by atoms with Crippen molar-refractivity contribution in [2.75, 3.05) is 39.9 Å². The zero-order valence-corrected chi connectivity index (χ0v) is 18.5. The van der Waals surface area contributed by atoms with Gasteiger partial charge in [0, 0.05) is 30.0 Å². The molecule has 0 saturated heterocycles. The summed E-state index contributed by atoms with van der Waals surface area (Å²) in [6, 6.07) is 22.3. The first-order valence-corrected chi connectivity index (χ1v) is 10.2. The van der Waals surface area contributed by atoms with Crippen molar-refractivity contribution in [1.29, 1.82) is 0 Å². The molecule has 3 aromatic rings. The summed E-state index contributed by atoms with van der Waals surface area (Å²) < 4.78 is 21.6. The van der Waals surface area contributed by atoms with Crippen molar-refractivity contribution in [2.45, 2.75) is 0 Å². The predicted molar refractivity (Wildman–Crippen MR) is 126 cm³/mol. The quantitative estimate of drug-likeness (QED) is 0.280. The van der Waals surface area contributed by atoms with Crippen LogP contribution in [0.3, 0.4) is 0 Å². The minimum atomic E-state index is -0.255. The van der Waals surface area contributed by atoms with E-state index in [0.29, 0.717) is 41.7 Å². The van der Waals surface area contributed by atoms with Crippen LogP contribution in [0.2, 0.25) is 0 Å². The Morgan fingerprint density at radius 3 is 2.25 bits per heavy atom. The summed E-state index contributed by atoms with van der Waals surface area (Å²) in [5, 5.41) is 2.97. The molecule has 0 atom stereocenters. The van der Waals surface area contributed by atoms with Gasteiger partial charge in [-0.2, -0.15) is 0 Å². The summed E-state index contributed by atoms with van der Waals surface area (Å²) in [5.41, 5.74) is 2.70. The SMILES string of the molecule is COCCOc1cc(NC(=O)/C(=C/c2ccccc2OC)c2ccccc2)ccc1OC. The van der Waals surface area contributed by atoms with Crippen molar-refractivity contribution in [1.82, 2.24) is 0 Å². The molecule has 6 heteroatoms. The molecular weight excluding hydrogens is 406 g/mol. The van der Waals surface area contributed by atoms with Crippen molar-refractivity contribution in [3.63, 3.8) is 0 Å². The Morgan fingerprint density at radius 1 is 0.812 bits per heavy atom. The average Bonchev–Trinajstić information content (AvgIpc) is 2.83. The lowest BCUT2D eigenvalue weighted by Gasteiger charge is -2.14.